The van der Waals surface area contributed by atoms with Crippen LogP contribution in [0, 0.1) is 0 Å². The second-order valence-corrected chi connectivity index (χ2v) is 4.58. The van der Waals surface area contributed by atoms with E-state index in [-0.39, 0.29) is 0 Å². The zero-order chi connectivity index (χ0) is 10.5. The van der Waals surface area contributed by atoms with E-state index in [9.17, 15) is 0 Å². The van der Waals surface area contributed by atoms with Gasteiger partial charge in [0.05, 0.1) is 6.54 Å². The van der Waals surface area contributed by atoms with Crippen LogP contribution >= 0.6 is 11.8 Å². The van der Waals surface area contributed by atoms with Crippen LogP contribution in [0.3, 0.4) is 0 Å². The van der Waals surface area contributed by atoms with Gasteiger partial charge in [-0.2, -0.15) is 11.8 Å². The molecule has 0 bridgehead atoms. The fourth-order valence-corrected chi connectivity index (χ4v) is 2.33. The summed E-state index contributed by atoms with van der Waals surface area (Å²) in [4.78, 5) is 2.15. The largest absolute Gasteiger partial charge is 0.407 e. The number of thioether (sulfide) groups is 1. The molecule has 1 aromatic heterocycles. The van der Waals surface area contributed by atoms with Gasteiger partial charge in [-0.25, -0.2) is 0 Å². The zero-order valence-corrected chi connectivity index (χ0v) is 9.72. The van der Waals surface area contributed by atoms with Gasteiger partial charge in [0, 0.05) is 24.6 Å². The molecule has 0 radical (unpaired) electrons. The van der Waals surface area contributed by atoms with Crippen molar-refractivity contribution in [2.24, 2.45) is 0 Å². The highest BCUT2D eigenvalue weighted by Gasteiger charge is 2.16. The molecule has 15 heavy (non-hydrogen) atoms. The van der Waals surface area contributed by atoms with Crippen LogP contribution in [0.1, 0.15) is 12.8 Å². The van der Waals surface area contributed by atoms with Gasteiger partial charge < -0.3 is 14.6 Å². The minimum Gasteiger partial charge on any atom is -0.407 e. The van der Waals surface area contributed by atoms with Gasteiger partial charge in [0.15, 0.2) is 0 Å². The van der Waals surface area contributed by atoms with Gasteiger partial charge in [-0.05, 0) is 6.54 Å². The second kappa shape index (κ2) is 5.37. The number of rotatable bonds is 4. The SMILES string of the molecule is CCNCc1nnc(N2CCSCC2)o1. The van der Waals surface area contributed by atoms with Crippen molar-refractivity contribution in [3.8, 4) is 0 Å². The lowest BCUT2D eigenvalue weighted by Crippen LogP contribution is -2.32. The van der Waals surface area contributed by atoms with E-state index in [0.717, 1.165) is 31.1 Å². The van der Waals surface area contributed by atoms with E-state index in [1.807, 2.05) is 11.8 Å². The maximum atomic E-state index is 5.56. The third-order valence-electron chi connectivity index (χ3n) is 2.26. The molecule has 0 amide bonds. The first-order valence-corrected chi connectivity index (χ1v) is 6.41. The summed E-state index contributed by atoms with van der Waals surface area (Å²) in [6, 6.07) is 0.670. The lowest BCUT2D eigenvalue weighted by molar-refractivity contribution is 0.466. The topological polar surface area (TPSA) is 54.2 Å². The van der Waals surface area contributed by atoms with Crippen LogP contribution in [0.15, 0.2) is 4.42 Å². The molecule has 1 N–H and O–H groups in total. The van der Waals surface area contributed by atoms with E-state index in [1.54, 1.807) is 0 Å². The first-order chi connectivity index (χ1) is 7.40. The molecule has 1 aromatic rings. The Labute approximate surface area is 93.6 Å². The number of hydrogen-bond acceptors (Lipinski definition) is 6. The quantitative estimate of drug-likeness (QED) is 0.820. The summed E-state index contributed by atoms with van der Waals surface area (Å²) >= 11 is 1.97. The summed E-state index contributed by atoms with van der Waals surface area (Å²) in [5.74, 6) is 2.96. The van der Waals surface area contributed by atoms with Crippen LogP contribution < -0.4 is 10.2 Å². The molecule has 5 nitrogen and oxygen atoms in total. The van der Waals surface area contributed by atoms with Gasteiger partial charge >= 0.3 is 6.01 Å². The Hall–Kier alpha value is -0.750. The Morgan fingerprint density at radius 1 is 1.40 bits per heavy atom. The number of aromatic nitrogens is 2. The molecule has 1 aliphatic rings. The minimum absolute atomic E-state index is 0.659. The van der Waals surface area contributed by atoms with E-state index in [2.05, 4.69) is 27.3 Å². The molecule has 2 heterocycles. The van der Waals surface area contributed by atoms with Crippen LogP contribution in [0.5, 0.6) is 0 Å². The summed E-state index contributed by atoms with van der Waals surface area (Å²) in [5.41, 5.74) is 0. The predicted molar refractivity (Wildman–Crippen MR) is 61.2 cm³/mol. The van der Waals surface area contributed by atoms with Gasteiger partial charge in [0.1, 0.15) is 0 Å². The van der Waals surface area contributed by atoms with Crippen molar-refractivity contribution in [1.29, 1.82) is 0 Å². The average molecular weight is 228 g/mol. The summed E-state index contributed by atoms with van der Waals surface area (Å²) in [5, 5.41) is 11.2. The number of nitrogens with zero attached hydrogens (tertiary/aromatic N) is 3. The lowest BCUT2D eigenvalue weighted by Gasteiger charge is -2.23. The molecule has 84 valence electrons. The van der Waals surface area contributed by atoms with Gasteiger partial charge in [0.2, 0.25) is 5.89 Å². The summed E-state index contributed by atoms with van der Waals surface area (Å²) < 4.78 is 5.56. The number of nitrogens with one attached hydrogen (secondary N) is 1. The minimum atomic E-state index is 0.659. The molecule has 0 saturated carbocycles. The molecule has 0 spiro atoms. The third-order valence-corrected chi connectivity index (χ3v) is 3.21. The zero-order valence-electron chi connectivity index (χ0n) is 8.90. The molecular formula is C9H16N4OS. The number of hydrogen-bond donors (Lipinski definition) is 1. The molecule has 1 fully saturated rings. The predicted octanol–water partition coefficient (Wildman–Crippen LogP) is 0.732. The molecule has 2 rings (SSSR count). The normalized spacial score (nSPS) is 17.0. The van der Waals surface area contributed by atoms with Crippen molar-refractivity contribution in [2.75, 3.05) is 36.0 Å². The smallest absolute Gasteiger partial charge is 0.318 e. The highest BCUT2D eigenvalue weighted by molar-refractivity contribution is 7.99. The Morgan fingerprint density at radius 3 is 2.93 bits per heavy atom. The van der Waals surface area contributed by atoms with E-state index in [1.165, 1.54) is 0 Å². The molecular weight excluding hydrogens is 212 g/mol. The maximum absolute atomic E-state index is 5.56. The molecule has 6 heteroatoms. The standard InChI is InChI=1S/C9H16N4OS/c1-2-10-7-8-11-12-9(14-8)13-3-5-15-6-4-13/h10H,2-7H2,1H3. The van der Waals surface area contributed by atoms with Gasteiger partial charge in [0.25, 0.3) is 0 Å². The number of anilines is 1. The maximum Gasteiger partial charge on any atom is 0.318 e. The van der Waals surface area contributed by atoms with Crippen molar-refractivity contribution >= 4 is 17.8 Å². The Morgan fingerprint density at radius 2 is 2.20 bits per heavy atom. The molecule has 1 aliphatic heterocycles. The van der Waals surface area contributed by atoms with Gasteiger partial charge in [-0.1, -0.05) is 12.0 Å². The van der Waals surface area contributed by atoms with Crippen LogP contribution in [0.2, 0.25) is 0 Å². The van der Waals surface area contributed by atoms with Crippen molar-refractivity contribution < 1.29 is 4.42 Å². The Kier molecular flexibility index (Phi) is 3.85. The molecule has 1 saturated heterocycles. The first kappa shape index (κ1) is 10.8. The fourth-order valence-electron chi connectivity index (χ4n) is 1.43. The lowest BCUT2D eigenvalue weighted by atomic mass is 10.5. The molecule has 0 unspecified atom stereocenters. The average Bonchev–Trinajstić information content (AvgIpc) is 2.76. The highest BCUT2D eigenvalue weighted by Crippen LogP contribution is 2.17. The third kappa shape index (κ3) is 2.85. The first-order valence-electron chi connectivity index (χ1n) is 5.26. The van der Waals surface area contributed by atoms with E-state index < -0.39 is 0 Å². The van der Waals surface area contributed by atoms with Crippen molar-refractivity contribution in [3.05, 3.63) is 5.89 Å². The van der Waals surface area contributed by atoms with Crippen LogP contribution in [0.25, 0.3) is 0 Å². The Bertz CT molecular complexity index is 298. The Balaban J connectivity index is 1.93. The highest BCUT2D eigenvalue weighted by atomic mass is 32.2. The van der Waals surface area contributed by atoms with E-state index >= 15 is 0 Å². The second-order valence-electron chi connectivity index (χ2n) is 3.36. The van der Waals surface area contributed by atoms with Crippen LogP contribution in [-0.2, 0) is 6.54 Å². The summed E-state index contributed by atoms with van der Waals surface area (Å²) in [6.45, 7) is 5.64. The molecule has 0 aliphatic carbocycles. The van der Waals surface area contributed by atoms with Gasteiger partial charge in [-0.15, -0.1) is 5.10 Å². The fraction of sp³-hybridized carbons (Fsp3) is 0.778. The van der Waals surface area contributed by atoms with E-state index in [4.69, 9.17) is 4.42 Å². The van der Waals surface area contributed by atoms with Crippen LogP contribution in [0.4, 0.5) is 6.01 Å². The molecule has 0 atom stereocenters. The summed E-state index contributed by atoms with van der Waals surface area (Å²) in [6.07, 6.45) is 0. The summed E-state index contributed by atoms with van der Waals surface area (Å²) in [7, 11) is 0. The van der Waals surface area contributed by atoms with Gasteiger partial charge in [-0.3, -0.25) is 0 Å². The van der Waals surface area contributed by atoms with E-state index in [0.29, 0.717) is 18.5 Å². The van der Waals surface area contributed by atoms with Crippen molar-refractivity contribution in [1.82, 2.24) is 15.5 Å². The van der Waals surface area contributed by atoms with Crippen LogP contribution in [-0.4, -0.2) is 41.3 Å². The molecule has 0 aromatic carbocycles. The van der Waals surface area contributed by atoms with Crippen molar-refractivity contribution in [3.63, 3.8) is 0 Å². The monoisotopic (exact) mass is 228 g/mol. The van der Waals surface area contributed by atoms with Crippen molar-refractivity contribution in [2.45, 2.75) is 13.5 Å².